The summed E-state index contributed by atoms with van der Waals surface area (Å²) in [6.07, 6.45) is -3.24. The maximum atomic E-state index is 12.9. The Kier molecular flexibility index (Phi) is 4.31. The van der Waals surface area contributed by atoms with E-state index in [0.29, 0.717) is 5.56 Å². The Bertz CT molecular complexity index is 902. The summed E-state index contributed by atoms with van der Waals surface area (Å²) in [6, 6.07) is 13.7. The van der Waals surface area contributed by atoms with E-state index >= 15 is 0 Å². The zero-order valence-electron chi connectivity index (χ0n) is 12.9. The number of aliphatic carboxylic acids is 1. The maximum absolute atomic E-state index is 12.9. The molecule has 0 atom stereocenters. The quantitative estimate of drug-likeness (QED) is 0.771. The lowest BCUT2D eigenvalue weighted by Crippen LogP contribution is -2.07. The van der Waals surface area contributed by atoms with E-state index in [-0.39, 0.29) is 17.8 Å². The smallest absolute Gasteiger partial charge is 0.416 e. The van der Waals surface area contributed by atoms with Gasteiger partial charge in [-0.1, -0.05) is 36.4 Å². The van der Waals surface area contributed by atoms with Crippen molar-refractivity contribution < 1.29 is 23.1 Å². The van der Waals surface area contributed by atoms with Crippen LogP contribution in [0.3, 0.4) is 0 Å². The van der Waals surface area contributed by atoms with Gasteiger partial charge in [-0.25, -0.2) is 4.68 Å². The summed E-state index contributed by atoms with van der Waals surface area (Å²) >= 11 is 0. The zero-order chi connectivity index (χ0) is 18.0. The largest absolute Gasteiger partial charge is 0.481 e. The highest BCUT2D eigenvalue weighted by Gasteiger charge is 2.30. The Labute approximate surface area is 141 Å². The minimum atomic E-state index is -4.46. The Balaban J connectivity index is 2.09. The number of carboxylic acid groups (broad SMARTS) is 1. The van der Waals surface area contributed by atoms with Crippen LogP contribution < -0.4 is 0 Å². The summed E-state index contributed by atoms with van der Waals surface area (Å²) in [5, 5.41) is 13.3. The van der Waals surface area contributed by atoms with E-state index in [9.17, 15) is 18.0 Å². The van der Waals surface area contributed by atoms with Gasteiger partial charge in [0.1, 0.15) is 0 Å². The van der Waals surface area contributed by atoms with Crippen molar-refractivity contribution in [3.8, 4) is 16.8 Å². The highest BCUT2D eigenvalue weighted by Crippen LogP contribution is 2.31. The maximum Gasteiger partial charge on any atom is 0.416 e. The molecule has 0 saturated carbocycles. The van der Waals surface area contributed by atoms with Crippen molar-refractivity contribution in [3.05, 3.63) is 72.1 Å². The van der Waals surface area contributed by atoms with Crippen molar-refractivity contribution in [1.82, 2.24) is 9.78 Å². The first-order valence-corrected chi connectivity index (χ1v) is 7.38. The fourth-order valence-corrected chi connectivity index (χ4v) is 2.50. The number of nitrogens with zero attached hydrogens (tertiary/aromatic N) is 2. The second-order valence-corrected chi connectivity index (χ2v) is 5.42. The topological polar surface area (TPSA) is 55.1 Å². The van der Waals surface area contributed by atoms with Crippen molar-refractivity contribution in [3.63, 3.8) is 0 Å². The van der Waals surface area contributed by atoms with Gasteiger partial charge in [0.05, 0.1) is 23.4 Å². The lowest BCUT2D eigenvalue weighted by atomic mass is 10.1. The van der Waals surface area contributed by atoms with Gasteiger partial charge in [-0.15, -0.1) is 0 Å². The minimum absolute atomic E-state index is 0.212. The summed E-state index contributed by atoms with van der Waals surface area (Å²) in [5.41, 5.74) is 1.03. The predicted octanol–water partition coefficient (Wildman–Crippen LogP) is 4.19. The number of alkyl halides is 3. The van der Waals surface area contributed by atoms with E-state index in [1.165, 1.54) is 16.8 Å². The fraction of sp³-hybridized carbons (Fsp3) is 0.111. The first-order chi connectivity index (χ1) is 11.8. The molecule has 0 aliphatic carbocycles. The number of benzene rings is 2. The summed E-state index contributed by atoms with van der Waals surface area (Å²) in [5.74, 6) is -1.06. The van der Waals surface area contributed by atoms with Crippen molar-refractivity contribution in [2.45, 2.75) is 12.6 Å². The molecule has 0 amide bonds. The third-order valence-corrected chi connectivity index (χ3v) is 3.63. The molecule has 7 heteroatoms. The van der Waals surface area contributed by atoms with Gasteiger partial charge >= 0.3 is 12.1 Å². The molecule has 0 unspecified atom stereocenters. The van der Waals surface area contributed by atoms with Gasteiger partial charge in [0.25, 0.3) is 0 Å². The number of aromatic nitrogens is 2. The van der Waals surface area contributed by atoms with Gasteiger partial charge in [-0.2, -0.15) is 18.3 Å². The van der Waals surface area contributed by atoms with E-state index in [1.54, 1.807) is 30.5 Å². The Hall–Kier alpha value is -3.09. The van der Waals surface area contributed by atoms with E-state index in [0.717, 1.165) is 17.7 Å². The van der Waals surface area contributed by atoms with E-state index in [2.05, 4.69) is 5.10 Å². The minimum Gasteiger partial charge on any atom is -0.481 e. The molecule has 0 radical (unpaired) electrons. The lowest BCUT2D eigenvalue weighted by Gasteiger charge is -2.08. The third kappa shape index (κ3) is 3.71. The van der Waals surface area contributed by atoms with Crippen molar-refractivity contribution in [1.29, 1.82) is 0 Å². The van der Waals surface area contributed by atoms with Gasteiger partial charge in [0, 0.05) is 11.8 Å². The average molecular weight is 346 g/mol. The van der Waals surface area contributed by atoms with Crippen LogP contribution in [-0.4, -0.2) is 20.9 Å². The first-order valence-electron chi connectivity index (χ1n) is 7.38. The van der Waals surface area contributed by atoms with E-state index in [1.807, 2.05) is 6.07 Å². The van der Waals surface area contributed by atoms with Crippen LogP contribution in [0.15, 0.2) is 60.8 Å². The Morgan fingerprint density at radius 2 is 1.80 bits per heavy atom. The molecule has 3 aromatic rings. The number of hydrogen-bond acceptors (Lipinski definition) is 2. The van der Waals surface area contributed by atoms with Crippen LogP contribution in [0.25, 0.3) is 16.8 Å². The second kappa shape index (κ2) is 6.43. The van der Waals surface area contributed by atoms with Crippen molar-refractivity contribution >= 4 is 5.97 Å². The molecule has 3 rings (SSSR count). The molecular formula is C18H13F3N2O2. The molecule has 0 saturated heterocycles. The number of carbonyl (C=O) groups is 1. The summed E-state index contributed by atoms with van der Waals surface area (Å²) in [6.45, 7) is 0. The normalized spacial score (nSPS) is 11.5. The molecule has 1 N–H and O–H groups in total. The number of carboxylic acids is 1. The summed E-state index contributed by atoms with van der Waals surface area (Å²) < 4.78 is 40.0. The molecule has 0 fully saturated rings. The highest BCUT2D eigenvalue weighted by molar-refractivity contribution is 5.75. The molecule has 2 aromatic carbocycles. The summed E-state index contributed by atoms with van der Waals surface area (Å²) in [7, 11) is 0. The molecule has 0 aliphatic rings. The van der Waals surface area contributed by atoms with Gasteiger partial charge in [0.2, 0.25) is 0 Å². The van der Waals surface area contributed by atoms with Gasteiger partial charge in [0.15, 0.2) is 0 Å². The van der Waals surface area contributed by atoms with E-state index in [4.69, 9.17) is 5.11 Å². The highest BCUT2D eigenvalue weighted by atomic mass is 19.4. The van der Waals surface area contributed by atoms with Crippen LogP contribution in [0.5, 0.6) is 0 Å². The predicted molar refractivity (Wildman–Crippen MR) is 85.3 cm³/mol. The van der Waals surface area contributed by atoms with Crippen LogP contribution in [-0.2, 0) is 17.4 Å². The Morgan fingerprint density at radius 3 is 2.44 bits per heavy atom. The molecule has 0 bridgehead atoms. The SMILES string of the molecule is O=C(O)Cc1nn(-c2cccc(C(F)(F)F)c2)cc1-c1ccccc1. The van der Waals surface area contributed by atoms with Gasteiger partial charge in [-0.05, 0) is 23.8 Å². The fourth-order valence-electron chi connectivity index (χ4n) is 2.50. The molecule has 1 aromatic heterocycles. The van der Waals surface area contributed by atoms with Gasteiger partial charge in [-0.3, -0.25) is 4.79 Å². The van der Waals surface area contributed by atoms with Gasteiger partial charge < -0.3 is 5.11 Å². The summed E-state index contributed by atoms with van der Waals surface area (Å²) in [4.78, 5) is 11.1. The van der Waals surface area contributed by atoms with Crippen molar-refractivity contribution in [2.24, 2.45) is 0 Å². The molecule has 1 heterocycles. The molecule has 25 heavy (non-hydrogen) atoms. The molecule has 128 valence electrons. The number of hydrogen-bond donors (Lipinski definition) is 1. The van der Waals surface area contributed by atoms with Crippen LogP contribution in [0.1, 0.15) is 11.3 Å². The Morgan fingerprint density at radius 1 is 1.08 bits per heavy atom. The number of rotatable bonds is 4. The van der Waals surface area contributed by atoms with Crippen molar-refractivity contribution in [2.75, 3.05) is 0 Å². The molecule has 4 nitrogen and oxygen atoms in total. The molecular weight excluding hydrogens is 333 g/mol. The van der Waals surface area contributed by atoms with Crippen LogP contribution in [0, 0.1) is 0 Å². The average Bonchev–Trinajstić information content (AvgIpc) is 2.98. The second-order valence-electron chi connectivity index (χ2n) is 5.42. The molecule has 0 aliphatic heterocycles. The first kappa shape index (κ1) is 16.8. The monoisotopic (exact) mass is 346 g/mol. The molecule has 0 spiro atoms. The zero-order valence-corrected chi connectivity index (χ0v) is 12.9. The lowest BCUT2D eigenvalue weighted by molar-refractivity contribution is -0.138. The van der Waals surface area contributed by atoms with E-state index < -0.39 is 17.7 Å². The third-order valence-electron chi connectivity index (χ3n) is 3.63. The number of halogens is 3. The van der Waals surface area contributed by atoms with Crippen LogP contribution >= 0.6 is 0 Å². The standard InChI is InChI=1S/C18H13F3N2O2/c19-18(20,21)13-7-4-8-14(9-13)23-11-15(12-5-2-1-3-6-12)16(22-23)10-17(24)25/h1-9,11H,10H2,(H,24,25). The van der Waals surface area contributed by atoms with Crippen LogP contribution in [0.2, 0.25) is 0 Å². The van der Waals surface area contributed by atoms with Crippen LogP contribution in [0.4, 0.5) is 13.2 Å².